The lowest BCUT2D eigenvalue weighted by Gasteiger charge is -2.26. The van der Waals surface area contributed by atoms with Gasteiger partial charge in [0.25, 0.3) is 0 Å². The van der Waals surface area contributed by atoms with Crippen LogP contribution in [-0.2, 0) is 9.47 Å². The van der Waals surface area contributed by atoms with Crippen molar-refractivity contribution in [1.82, 2.24) is 0 Å². The summed E-state index contributed by atoms with van der Waals surface area (Å²) >= 11 is 0. The Balaban J connectivity index is 2.00. The Kier molecular flexibility index (Phi) is 2.78. The van der Waals surface area contributed by atoms with Gasteiger partial charge < -0.3 is 9.47 Å². The van der Waals surface area contributed by atoms with Crippen LogP contribution in [0.4, 0.5) is 0 Å². The van der Waals surface area contributed by atoms with E-state index in [4.69, 9.17) is 14.7 Å². The van der Waals surface area contributed by atoms with Gasteiger partial charge in [-0.3, -0.25) is 0 Å². The SMILES string of the molecule is N#CC1COC(c2ccccc2)CO1. The van der Waals surface area contributed by atoms with Crippen molar-refractivity contribution in [1.29, 1.82) is 5.26 Å². The van der Waals surface area contributed by atoms with Gasteiger partial charge in [0, 0.05) is 0 Å². The normalized spacial score (nSPS) is 26.8. The Bertz CT molecular complexity index is 323. The minimum atomic E-state index is -0.407. The average Bonchev–Trinajstić information content (AvgIpc) is 2.30. The highest BCUT2D eigenvalue weighted by Crippen LogP contribution is 2.21. The molecule has 0 aromatic heterocycles. The van der Waals surface area contributed by atoms with Crippen LogP contribution < -0.4 is 0 Å². The van der Waals surface area contributed by atoms with Gasteiger partial charge in [-0.25, -0.2) is 0 Å². The molecule has 0 saturated carbocycles. The Morgan fingerprint density at radius 1 is 1.14 bits per heavy atom. The monoisotopic (exact) mass is 189 g/mol. The smallest absolute Gasteiger partial charge is 0.167 e. The Morgan fingerprint density at radius 3 is 2.50 bits per heavy atom. The molecule has 2 atom stereocenters. The molecule has 0 N–H and O–H groups in total. The molecule has 0 radical (unpaired) electrons. The van der Waals surface area contributed by atoms with E-state index in [1.807, 2.05) is 36.4 Å². The van der Waals surface area contributed by atoms with Crippen molar-refractivity contribution >= 4 is 0 Å². The van der Waals surface area contributed by atoms with Gasteiger partial charge >= 0.3 is 0 Å². The first-order valence-corrected chi connectivity index (χ1v) is 4.58. The first-order chi connectivity index (χ1) is 6.90. The third-order valence-corrected chi connectivity index (χ3v) is 2.21. The molecule has 1 heterocycles. The molecule has 0 amide bonds. The topological polar surface area (TPSA) is 42.2 Å². The van der Waals surface area contributed by atoms with Crippen LogP contribution in [0.3, 0.4) is 0 Å². The number of hydrogen-bond acceptors (Lipinski definition) is 3. The Morgan fingerprint density at radius 2 is 1.93 bits per heavy atom. The summed E-state index contributed by atoms with van der Waals surface area (Å²) in [5, 5.41) is 8.59. The molecule has 1 aromatic rings. The van der Waals surface area contributed by atoms with Crippen LogP contribution in [0.15, 0.2) is 30.3 Å². The van der Waals surface area contributed by atoms with Crippen molar-refractivity contribution < 1.29 is 9.47 Å². The maximum atomic E-state index is 8.59. The van der Waals surface area contributed by atoms with Crippen LogP contribution in [0.5, 0.6) is 0 Å². The molecule has 0 bridgehead atoms. The number of rotatable bonds is 1. The molecule has 0 spiro atoms. The van der Waals surface area contributed by atoms with Gasteiger partial charge in [0.2, 0.25) is 0 Å². The fraction of sp³-hybridized carbons (Fsp3) is 0.364. The van der Waals surface area contributed by atoms with Crippen LogP contribution in [-0.4, -0.2) is 19.3 Å². The Labute approximate surface area is 82.9 Å². The number of benzene rings is 1. The zero-order chi connectivity index (χ0) is 9.80. The lowest BCUT2D eigenvalue weighted by molar-refractivity contribution is -0.115. The fourth-order valence-electron chi connectivity index (χ4n) is 1.44. The molecular formula is C11H11NO2. The maximum absolute atomic E-state index is 8.59. The number of nitrogens with zero attached hydrogens (tertiary/aromatic N) is 1. The summed E-state index contributed by atoms with van der Waals surface area (Å²) in [6.07, 6.45) is -0.434. The van der Waals surface area contributed by atoms with Gasteiger partial charge in [-0.15, -0.1) is 0 Å². The first kappa shape index (κ1) is 9.20. The minimum Gasteiger partial charge on any atom is -0.367 e. The van der Waals surface area contributed by atoms with Gasteiger partial charge in [-0.05, 0) is 5.56 Å². The predicted molar refractivity (Wildman–Crippen MR) is 50.5 cm³/mol. The van der Waals surface area contributed by atoms with Crippen LogP contribution >= 0.6 is 0 Å². The van der Waals surface area contributed by atoms with E-state index in [0.29, 0.717) is 13.2 Å². The zero-order valence-corrected chi connectivity index (χ0v) is 7.72. The molecule has 2 unspecified atom stereocenters. The molecule has 3 nitrogen and oxygen atoms in total. The number of nitriles is 1. The van der Waals surface area contributed by atoms with Gasteiger partial charge in [-0.1, -0.05) is 30.3 Å². The van der Waals surface area contributed by atoms with Crippen molar-refractivity contribution in [2.24, 2.45) is 0 Å². The second-order valence-electron chi connectivity index (χ2n) is 3.18. The van der Waals surface area contributed by atoms with Crippen molar-refractivity contribution in [3.8, 4) is 6.07 Å². The van der Waals surface area contributed by atoms with E-state index >= 15 is 0 Å². The lowest BCUT2D eigenvalue weighted by Crippen LogP contribution is -2.29. The number of ether oxygens (including phenoxy) is 2. The van der Waals surface area contributed by atoms with Crippen molar-refractivity contribution in [3.63, 3.8) is 0 Å². The highest BCUT2D eigenvalue weighted by atomic mass is 16.6. The molecule has 1 aromatic carbocycles. The second kappa shape index (κ2) is 4.23. The molecule has 1 aliphatic rings. The van der Waals surface area contributed by atoms with Crippen LogP contribution in [0.2, 0.25) is 0 Å². The highest BCUT2D eigenvalue weighted by molar-refractivity contribution is 5.18. The predicted octanol–water partition coefficient (Wildman–Crippen LogP) is 1.67. The molecule has 14 heavy (non-hydrogen) atoms. The van der Waals surface area contributed by atoms with Gasteiger partial charge in [-0.2, -0.15) is 5.26 Å². The van der Waals surface area contributed by atoms with Gasteiger partial charge in [0.15, 0.2) is 6.10 Å². The van der Waals surface area contributed by atoms with E-state index in [1.54, 1.807) is 0 Å². The van der Waals surface area contributed by atoms with E-state index in [9.17, 15) is 0 Å². The van der Waals surface area contributed by atoms with E-state index in [1.165, 1.54) is 0 Å². The maximum Gasteiger partial charge on any atom is 0.167 e. The fourth-order valence-corrected chi connectivity index (χ4v) is 1.44. The highest BCUT2D eigenvalue weighted by Gasteiger charge is 2.22. The third kappa shape index (κ3) is 1.92. The standard InChI is InChI=1S/C11H11NO2/c12-6-10-7-14-11(8-13-10)9-4-2-1-3-5-9/h1-5,10-11H,7-8H2. The van der Waals surface area contributed by atoms with Crippen LogP contribution in [0, 0.1) is 11.3 Å². The Hall–Kier alpha value is -1.37. The molecule has 2 rings (SSSR count). The van der Waals surface area contributed by atoms with E-state index < -0.39 is 6.10 Å². The average molecular weight is 189 g/mol. The second-order valence-corrected chi connectivity index (χ2v) is 3.18. The van der Waals surface area contributed by atoms with E-state index in [0.717, 1.165) is 5.56 Å². The first-order valence-electron chi connectivity index (χ1n) is 4.58. The summed E-state index contributed by atoms with van der Waals surface area (Å²) in [6, 6.07) is 11.9. The summed E-state index contributed by atoms with van der Waals surface area (Å²) in [5.74, 6) is 0. The van der Waals surface area contributed by atoms with E-state index in [-0.39, 0.29) is 6.10 Å². The summed E-state index contributed by atoms with van der Waals surface area (Å²) in [4.78, 5) is 0. The van der Waals surface area contributed by atoms with Crippen LogP contribution in [0.1, 0.15) is 11.7 Å². The molecule has 1 saturated heterocycles. The molecule has 3 heteroatoms. The lowest BCUT2D eigenvalue weighted by atomic mass is 10.1. The molecule has 72 valence electrons. The number of hydrogen-bond donors (Lipinski definition) is 0. The quantitative estimate of drug-likeness (QED) is 0.674. The van der Waals surface area contributed by atoms with Gasteiger partial charge in [0.1, 0.15) is 6.10 Å². The third-order valence-electron chi connectivity index (χ3n) is 2.21. The summed E-state index contributed by atoms with van der Waals surface area (Å²) in [7, 11) is 0. The van der Waals surface area contributed by atoms with Crippen molar-refractivity contribution in [2.45, 2.75) is 12.2 Å². The van der Waals surface area contributed by atoms with Gasteiger partial charge in [0.05, 0.1) is 19.3 Å². The molecule has 1 fully saturated rings. The van der Waals surface area contributed by atoms with E-state index in [2.05, 4.69) is 0 Å². The van der Waals surface area contributed by atoms with Crippen molar-refractivity contribution in [2.75, 3.05) is 13.2 Å². The minimum absolute atomic E-state index is 0.0270. The molecule has 0 aliphatic carbocycles. The zero-order valence-electron chi connectivity index (χ0n) is 7.72. The van der Waals surface area contributed by atoms with Crippen molar-refractivity contribution in [3.05, 3.63) is 35.9 Å². The summed E-state index contributed by atoms with van der Waals surface area (Å²) < 4.78 is 10.8. The summed E-state index contributed by atoms with van der Waals surface area (Å²) in [6.45, 7) is 0.818. The molecular weight excluding hydrogens is 178 g/mol. The largest absolute Gasteiger partial charge is 0.367 e. The summed E-state index contributed by atoms with van der Waals surface area (Å²) in [5.41, 5.74) is 1.10. The van der Waals surface area contributed by atoms with Crippen LogP contribution in [0.25, 0.3) is 0 Å². The molecule has 1 aliphatic heterocycles.